The van der Waals surface area contributed by atoms with E-state index >= 15 is 0 Å². The van der Waals surface area contributed by atoms with Gasteiger partial charge in [-0.15, -0.1) is 0 Å². The zero-order chi connectivity index (χ0) is 16.1. The van der Waals surface area contributed by atoms with Gasteiger partial charge in [0, 0.05) is 16.8 Å². The molecule has 0 aromatic heterocycles. The van der Waals surface area contributed by atoms with Gasteiger partial charge >= 0.3 is 6.03 Å². The molecule has 0 aliphatic heterocycles. The lowest BCUT2D eigenvalue weighted by Crippen LogP contribution is -2.39. The van der Waals surface area contributed by atoms with Gasteiger partial charge in [0.2, 0.25) is 0 Å². The number of urea groups is 1. The highest BCUT2D eigenvalue weighted by atomic mass is 35.5. The van der Waals surface area contributed by atoms with Crippen LogP contribution in [0.15, 0.2) is 54.6 Å². The highest BCUT2D eigenvalue weighted by Gasteiger charge is 2.23. The first kappa shape index (κ1) is 15.9. The Morgan fingerprint density at radius 1 is 0.913 bits per heavy atom. The fraction of sp³-hybridized carbons (Fsp3) is 0.316. The van der Waals surface area contributed by atoms with Crippen LogP contribution in [0.1, 0.15) is 37.2 Å². The van der Waals surface area contributed by atoms with Crippen LogP contribution < -0.4 is 10.6 Å². The van der Waals surface area contributed by atoms with E-state index in [9.17, 15) is 4.79 Å². The van der Waals surface area contributed by atoms with Crippen LogP contribution in [0.4, 0.5) is 10.5 Å². The van der Waals surface area contributed by atoms with E-state index in [4.69, 9.17) is 11.6 Å². The summed E-state index contributed by atoms with van der Waals surface area (Å²) in [6, 6.07) is 17.9. The largest absolute Gasteiger partial charge is 0.335 e. The van der Waals surface area contributed by atoms with E-state index < -0.39 is 0 Å². The van der Waals surface area contributed by atoms with Gasteiger partial charge in [-0.25, -0.2) is 4.79 Å². The first-order valence-electron chi connectivity index (χ1n) is 8.09. The minimum Gasteiger partial charge on any atom is -0.335 e. The van der Waals surface area contributed by atoms with Crippen molar-refractivity contribution in [3.63, 3.8) is 0 Å². The molecule has 2 N–H and O–H groups in total. The van der Waals surface area contributed by atoms with E-state index in [0.29, 0.717) is 10.9 Å². The van der Waals surface area contributed by atoms with Crippen molar-refractivity contribution in [2.45, 2.75) is 37.6 Å². The van der Waals surface area contributed by atoms with E-state index in [1.807, 2.05) is 0 Å². The Kier molecular flexibility index (Phi) is 5.19. The maximum atomic E-state index is 12.1. The predicted molar refractivity (Wildman–Crippen MR) is 95.0 cm³/mol. The van der Waals surface area contributed by atoms with Crippen LogP contribution >= 0.6 is 11.6 Å². The van der Waals surface area contributed by atoms with Gasteiger partial charge in [0.25, 0.3) is 0 Å². The fourth-order valence-electron chi connectivity index (χ4n) is 3.18. The summed E-state index contributed by atoms with van der Waals surface area (Å²) in [5, 5.41) is 6.58. The van der Waals surface area contributed by atoms with E-state index in [0.717, 1.165) is 31.4 Å². The standard InChI is InChI=1S/C19H21ClN2O/c20-16-8-12-18(13-9-16)22-19(23)21-17-10-6-15(7-11-17)14-4-2-1-3-5-14/h1-5,8-9,12-13,15,17H,6-7,10-11H2,(H2,21,22,23)/t15-,17-. The number of rotatable bonds is 3. The normalized spacial score (nSPS) is 20.7. The Labute approximate surface area is 142 Å². The summed E-state index contributed by atoms with van der Waals surface area (Å²) in [5.74, 6) is 0.619. The number of hydrogen-bond donors (Lipinski definition) is 2. The van der Waals surface area contributed by atoms with Crippen LogP contribution in [0.2, 0.25) is 5.02 Å². The van der Waals surface area contributed by atoms with Crippen LogP contribution in [-0.4, -0.2) is 12.1 Å². The van der Waals surface area contributed by atoms with Crippen molar-refractivity contribution in [3.05, 3.63) is 65.2 Å². The van der Waals surface area contributed by atoms with Gasteiger partial charge in [0.15, 0.2) is 0 Å². The van der Waals surface area contributed by atoms with Crippen LogP contribution in [-0.2, 0) is 0 Å². The van der Waals surface area contributed by atoms with Crippen LogP contribution in [0, 0.1) is 0 Å². The third kappa shape index (κ3) is 4.49. The molecule has 1 saturated carbocycles. The number of carbonyl (C=O) groups is 1. The summed E-state index contributed by atoms with van der Waals surface area (Å²) >= 11 is 5.84. The van der Waals surface area contributed by atoms with Crippen molar-refractivity contribution in [1.82, 2.24) is 5.32 Å². The first-order chi connectivity index (χ1) is 11.2. The van der Waals surface area contributed by atoms with Gasteiger partial charge < -0.3 is 10.6 Å². The maximum Gasteiger partial charge on any atom is 0.319 e. The Morgan fingerprint density at radius 3 is 2.22 bits per heavy atom. The molecule has 0 radical (unpaired) electrons. The molecule has 2 amide bonds. The lowest BCUT2D eigenvalue weighted by atomic mass is 9.82. The number of hydrogen-bond acceptors (Lipinski definition) is 1. The molecular weight excluding hydrogens is 308 g/mol. The molecule has 1 fully saturated rings. The zero-order valence-electron chi connectivity index (χ0n) is 13.0. The van der Waals surface area contributed by atoms with Crippen LogP contribution in [0.25, 0.3) is 0 Å². The fourth-order valence-corrected chi connectivity index (χ4v) is 3.31. The summed E-state index contributed by atoms with van der Waals surface area (Å²) in [6.45, 7) is 0. The van der Waals surface area contributed by atoms with Crippen molar-refractivity contribution in [2.24, 2.45) is 0 Å². The van der Waals surface area contributed by atoms with Gasteiger partial charge in [-0.2, -0.15) is 0 Å². The van der Waals surface area contributed by atoms with Crippen LogP contribution in [0.5, 0.6) is 0 Å². The van der Waals surface area contributed by atoms with Crippen molar-refractivity contribution in [3.8, 4) is 0 Å². The Bertz CT molecular complexity index is 634. The van der Waals surface area contributed by atoms with Crippen molar-refractivity contribution in [1.29, 1.82) is 0 Å². The molecule has 3 rings (SSSR count). The van der Waals surface area contributed by atoms with E-state index in [-0.39, 0.29) is 12.1 Å². The average Bonchev–Trinajstić information content (AvgIpc) is 2.58. The lowest BCUT2D eigenvalue weighted by molar-refractivity contribution is 0.242. The van der Waals surface area contributed by atoms with Crippen molar-refractivity contribution >= 4 is 23.3 Å². The van der Waals surface area contributed by atoms with Crippen molar-refractivity contribution in [2.75, 3.05) is 5.32 Å². The Morgan fingerprint density at radius 2 is 1.57 bits per heavy atom. The molecule has 0 heterocycles. The molecule has 0 unspecified atom stereocenters. The molecule has 0 atom stereocenters. The number of anilines is 1. The summed E-state index contributed by atoms with van der Waals surface area (Å²) in [7, 11) is 0. The maximum absolute atomic E-state index is 12.1. The molecule has 0 bridgehead atoms. The summed E-state index contributed by atoms with van der Waals surface area (Å²) in [4.78, 5) is 12.1. The van der Waals surface area contributed by atoms with Crippen LogP contribution in [0.3, 0.4) is 0 Å². The molecule has 23 heavy (non-hydrogen) atoms. The number of carbonyl (C=O) groups excluding carboxylic acids is 1. The predicted octanol–water partition coefficient (Wildman–Crippen LogP) is 5.19. The Hall–Kier alpha value is -2.00. The topological polar surface area (TPSA) is 41.1 Å². The number of nitrogens with one attached hydrogen (secondary N) is 2. The SMILES string of the molecule is O=C(Nc1ccc(Cl)cc1)N[C@H]1CC[C@H](c2ccccc2)CC1. The van der Waals surface area contributed by atoms with E-state index in [2.05, 4.69) is 41.0 Å². The molecule has 120 valence electrons. The second-order valence-corrected chi connectivity index (χ2v) is 6.50. The quantitative estimate of drug-likeness (QED) is 0.800. The molecule has 2 aromatic carbocycles. The number of halogens is 1. The van der Waals surface area contributed by atoms with Gasteiger partial charge in [0.1, 0.15) is 0 Å². The summed E-state index contributed by atoms with van der Waals surface area (Å²) < 4.78 is 0. The van der Waals surface area contributed by atoms with E-state index in [1.165, 1.54) is 5.56 Å². The molecule has 3 nitrogen and oxygen atoms in total. The zero-order valence-corrected chi connectivity index (χ0v) is 13.7. The average molecular weight is 329 g/mol. The molecule has 0 spiro atoms. The number of amides is 2. The third-order valence-corrected chi connectivity index (χ3v) is 4.69. The molecule has 0 saturated heterocycles. The third-order valence-electron chi connectivity index (χ3n) is 4.44. The summed E-state index contributed by atoms with van der Waals surface area (Å²) in [6.07, 6.45) is 4.28. The first-order valence-corrected chi connectivity index (χ1v) is 8.46. The van der Waals surface area contributed by atoms with Gasteiger partial charge in [-0.3, -0.25) is 0 Å². The summed E-state index contributed by atoms with van der Waals surface area (Å²) in [5.41, 5.74) is 2.17. The molecule has 1 aliphatic carbocycles. The molecule has 1 aliphatic rings. The second-order valence-electron chi connectivity index (χ2n) is 6.06. The van der Waals surface area contributed by atoms with Crippen molar-refractivity contribution < 1.29 is 4.79 Å². The molecule has 2 aromatic rings. The molecule has 4 heteroatoms. The minimum absolute atomic E-state index is 0.143. The highest BCUT2D eigenvalue weighted by Crippen LogP contribution is 2.32. The van der Waals surface area contributed by atoms with Gasteiger partial charge in [0.05, 0.1) is 0 Å². The Balaban J connectivity index is 1.47. The monoisotopic (exact) mass is 328 g/mol. The van der Waals surface area contributed by atoms with Gasteiger partial charge in [-0.1, -0.05) is 41.9 Å². The second kappa shape index (κ2) is 7.51. The smallest absolute Gasteiger partial charge is 0.319 e. The minimum atomic E-state index is -0.143. The highest BCUT2D eigenvalue weighted by molar-refractivity contribution is 6.30. The lowest BCUT2D eigenvalue weighted by Gasteiger charge is -2.29. The van der Waals surface area contributed by atoms with E-state index in [1.54, 1.807) is 24.3 Å². The molecular formula is C19H21ClN2O. The number of benzene rings is 2. The van der Waals surface area contributed by atoms with Gasteiger partial charge in [-0.05, 0) is 61.4 Å².